The summed E-state index contributed by atoms with van der Waals surface area (Å²) in [5.74, 6) is -0.281. The lowest BCUT2D eigenvalue weighted by molar-refractivity contribution is -0.132. The maximum atomic E-state index is 13.5. The van der Waals surface area contributed by atoms with Crippen molar-refractivity contribution >= 4 is 23.1 Å². The van der Waals surface area contributed by atoms with Crippen LogP contribution in [0.25, 0.3) is 5.76 Å². The molecule has 0 aliphatic carbocycles. The zero-order chi connectivity index (χ0) is 27.6. The van der Waals surface area contributed by atoms with Gasteiger partial charge in [-0.2, -0.15) is 0 Å². The highest BCUT2D eigenvalue weighted by Crippen LogP contribution is 2.43. The van der Waals surface area contributed by atoms with Crippen LogP contribution in [-0.4, -0.2) is 30.5 Å². The fourth-order valence-corrected chi connectivity index (χ4v) is 4.65. The molecule has 0 bridgehead atoms. The Morgan fingerprint density at radius 2 is 1.63 bits per heavy atom. The van der Waals surface area contributed by atoms with Crippen LogP contribution in [-0.2, 0) is 15.0 Å². The van der Waals surface area contributed by atoms with Crippen molar-refractivity contribution in [2.45, 2.75) is 52.5 Å². The predicted molar refractivity (Wildman–Crippen MR) is 150 cm³/mol. The van der Waals surface area contributed by atoms with E-state index in [1.165, 1.54) is 4.90 Å². The minimum atomic E-state index is -0.797. The number of ether oxygens (including phenoxy) is 2. The van der Waals surface area contributed by atoms with Crippen LogP contribution in [0.5, 0.6) is 11.5 Å². The summed E-state index contributed by atoms with van der Waals surface area (Å²) in [6, 6.07) is 19.3. The van der Waals surface area contributed by atoms with Gasteiger partial charge in [0.1, 0.15) is 17.3 Å². The molecule has 4 rings (SSSR count). The van der Waals surface area contributed by atoms with Crippen LogP contribution in [0.15, 0.2) is 72.3 Å². The second-order valence-corrected chi connectivity index (χ2v) is 10.6. The first-order valence-electron chi connectivity index (χ1n) is 12.9. The Balaban J connectivity index is 1.87. The largest absolute Gasteiger partial charge is 0.507 e. The van der Waals surface area contributed by atoms with E-state index in [4.69, 9.17) is 9.47 Å². The molecule has 1 aliphatic rings. The summed E-state index contributed by atoms with van der Waals surface area (Å²) in [5.41, 5.74) is 3.67. The molecule has 6 heteroatoms. The average Bonchev–Trinajstić information content (AvgIpc) is 3.17. The molecule has 1 aliphatic heterocycles. The van der Waals surface area contributed by atoms with E-state index in [1.807, 2.05) is 38.1 Å². The second-order valence-electron chi connectivity index (χ2n) is 10.6. The summed E-state index contributed by atoms with van der Waals surface area (Å²) in [4.78, 5) is 28.4. The van der Waals surface area contributed by atoms with E-state index in [2.05, 4.69) is 20.8 Å². The van der Waals surface area contributed by atoms with E-state index in [1.54, 1.807) is 49.6 Å². The Morgan fingerprint density at radius 1 is 0.974 bits per heavy atom. The summed E-state index contributed by atoms with van der Waals surface area (Å²) in [5, 5.41) is 11.5. The van der Waals surface area contributed by atoms with E-state index >= 15 is 0 Å². The normalized spacial score (nSPS) is 17.1. The maximum Gasteiger partial charge on any atom is 0.300 e. The number of hydrogen-bond acceptors (Lipinski definition) is 5. The van der Waals surface area contributed by atoms with Crippen molar-refractivity contribution in [1.82, 2.24) is 0 Å². The Hall–Kier alpha value is -4.06. The minimum absolute atomic E-state index is 0.0518. The number of methoxy groups -OCH3 is 1. The fourth-order valence-electron chi connectivity index (χ4n) is 4.65. The van der Waals surface area contributed by atoms with Gasteiger partial charge in [0.15, 0.2) is 0 Å². The lowest BCUT2D eigenvalue weighted by atomic mass is 9.85. The summed E-state index contributed by atoms with van der Waals surface area (Å²) in [6.07, 6.45) is 0.879. The summed E-state index contributed by atoms with van der Waals surface area (Å²) < 4.78 is 11.0. The van der Waals surface area contributed by atoms with Gasteiger partial charge in [0.05, 0.1) is 25.3 Å². The zero-order valence-electron chi connectivity index (χ0n) is 22.9. The van der Waals surface area contributed by atoms with Gasteiger partial charge < -0.3 is 14.6 Å². The average molecular weight is 514 g/mol. The molecule has 0 aromatic heterocycles. The number of aliphatic hydroxyl groups is 1. The molecule has 1 fully saturated rings. The number of nitrogens with zero attached hydrogens (tertiary/aromatic N) is 1. The molecule has 1 amide bonds. The van der Waals surface area contributed by atoms with E-state index in [-0.39, 0.29) is 16.7 Å². The Bertz CT molecular complexity index is 1360. The number of rotatable bonds is 7. The molecule has 1 heterocycles. The van der Waals surface area contributed by atoms with Crippen molar-refractivity contribution in [2.75, 3.05) is 18.6 Å². The number of aliphatic hydroxyl groups excluding tert-OH is 1. The van der Waals surface area contributed by atoms with Crippen molar-refractivity contribution in [2.24, 2.45) is 0 Å². The van der Waals surface area contributed by atoms with Crippen molar-refractivity contribution in [3.05, 3.63) is 94.6 Å². The third-order valence-electron chi connectivity index (χ3n) is 6.80. The summed E-state index contributed by atoms with van der Waals surface area (Å²) >= 11 is 0. The molecule has 0 radical (unpaired) electrons. The van der Waals surface area contributed by atoms with Gasteiger partial charge in [0.25, 0.3) is 11.7 Å². The first-order chi connectivity index (χ1) is 18.1. The number of carbonyl (C=O) groups excluding carboxylic acids is 2. The fraction of sp³-hybridized carbons (Fsp3) is 0.312. The molecule has 3 aromatic rings. The molecule has 0 spiro atoms. The quantitative estimate of drug-likeness (QED) is 0.216. The Morgan fingerprint density at radius 3 is 2.18 bits per heavy atom. The van der Waals surface area contributed by atoms with Gasteiger partial charge in [-0.15, -0.1) is 0 Å². The highest BCUT2D eigenvalue weighted by Gasteiger charge is 2.47. The maximum absolute atomic E-state index is 13.5. The SMILES string of the molecule is CCCOc1ccc(/C(O)=C2/C(=O)C(=O)N(c3ccc(OC)cc3)C2c2ccc(C(C)(C)C)cc2)cc1C. The van der Waals surface area contributed by atoms with E-state index in [0.29, 0.717) is 23.6 Å². The first-order valence-corrected chi connectivity index (χ1v) is 12.9. The van der Waals surface area contributed by atoms with Crippen molar-refractivity contribution in [1.29, 1.82) is 0 Å². The van der Waals surface area contributed by atoms with Crippen LogP contribution in [0, 0.1) is 6.92 Å². The minimum Gasteiger partial charge on any atom is -0.507 e. The standard InChI is InChI=1S/C32H35NO5/c1-7-18-38-26-17-10-22(19-20(26)2)29(34)27-28(21-8-11-23(12-9-21)32(3,4)5)33(31(36)30(27)35)24-13-15-25(37-6)16-14-24/h8-17,19,28,34H,7,18H2,1-6H3/b29-27-. The lowest BCUT2D eigenvalue weighted by Gasteiger charge is -2.26. The molecule has 0 saturated carbocycles. The van der Waals surface area contributed by atoms with Crippen LogP contribution in [0.3, 0.4) is 0 Å². The molecular formula is C32H35NO5. The second kappa shape index (κ2) is 10.7. The number of aryl methyl sites for hydroxylation is 1. The molecular weight excluding hydrogens is 478 g/mol. The zero-order valence-corrected chi connectivity index (χ0v) is 22.9. The van der Waals surface area contributed by atoms with E-state index < -0.39 is 17.7 Å². The molecule has 6 nitrogen and oxygen atoms in total. The van der Waals surface area contributed by atoms with E-state index in [0.717, 1.165) is 28.9 Å². The monoisotopic (exact) mass is 513 g/mol. The van der Waals surface area contributed by atoms with Crippen molar-refractivity contribution < 1.29 is 24.2 Å². The molecule has 3 aromatic carbocycles. The number of ketones is 1. The van der Waals surface area contributed by atoms with Gasteiger partial charge >= 0.3 is 0 Å². The van der Waals surface area contributed by atoms with Gasteiger partial charge in [-0.1, -0.05) is 52.0 Å². The molecule has 1 unspecified atom stereocenters. The Labute approximate surface area is 224 Å². The number of Topliss-reactive ketones (excluding diaryl/α,β-unsaturated/α-hetero) is 1. The lowest BCUT2D eigenvalue weighted by Crippen LogP contribution is -2.29. The molecule has 38 heavy (non-hydrogen) atoms. The van der Waals surface area contributed by atoms with Crippen LogP contribution in [0.1, 0.15) is 62.4 Å². The number of carbonyl (C=O) groups is 2. The summed E-state index contributed by atoms with van der Waals surface area (Å²) in [7, 11) is 1.57. The highest BCUT2D eigenvalue weighted by molar-refractivity contribution is 6.51. The van der Waals surface area contributed by atoms with Crippen molar-refractivity contribution in [3.8, 4) is 11.5 Å². The highest BCUT2D eigenvalue weighted by atomic mass is 16.5. The van der Waals surface area contributed by atoms with Gasteiger partial charge in [0, 0.05) is 11.3 Å². The number of benzene rings is 3. The van der Waals surface area contributed by atoms with Gasteiger partial charge in [0.2, 0.25) is 0 Å². The topological polar surface area (TPSA) is 76.1 Å². The smallest absolute Gasteiger partial charge is 0.300 e. The van der Waals surface area contributed by atoms with Gasteiger partial charge in [-0.3, -0.25) is 14.5 Å². The molecule has 198 valence electrons. The third-order valence-corrected chi connectivity index (χ3v) is 6.80. The van der Waals surface area contributed by atoms with Crippen LogP contribution in [0.2, 0.25) is 0 Å². The van der Waals surface area contributed by atoms with Gasteiger partial charge in [-0.25, -0.2) is 0 Å². The number of anilines is 1. The first kappa shape index (κ1) is 27.0. The van der Waals surface area contributed by atoms with Crippen LogP contribution >= 0.6 is 0 Å². The van der Waals surface area contributed by atoms with Crippen LogP contribution in [0.4, 0.5) is 5.69 Å². The Kier molecular flexibility index (Phi) is 7.63. The van der Waals surface area contributed by atoms with Gasteiger partial charge in [-0.05, 0) is 77.9 Å². The third kappa shape index (κ3) is 5.17. The van der Waals surface area contributed by atoms with Crippen molar-refractivity contribution in [3.63, 3.8) is 0 Å². The molecule has 1 saturated heterocycles. The summed E-state index contributed by atoms with van der Waals surface area (Å²) in [6.45, 7) is 10.9. The number of hydrogen-bond donors (Lipinski definition) is 1. The molecule has 1 atom stereocenters. The predicted octanol–water partition coefficient (Wildman–Crippen LogP) is 6.72. The van der Waals surface area contributed by atoms with E-state index in [9.17, 15) is 14.7 Å². The molecule has 1 N–H and O–H groups in total. The van der Waals surface area contributed by atoms with Crippen LogP contribution < -0.4 is 14.4 Å². The number of amides is 1.